The van der Waals surface area contributed by atoms with Gasteiger partial charge in [0.05, 0.1) is 6.61 Å². The Balaban J connectivity index is 0.00000320. The number of guanidine groups is 1. The third-order valence-corrected chi connectivity index (χ3v) is 5.32. The first kappa shape index (κ1) is 24.6. The Morgan fingerprint density at radius 1 is 0.900 bits per heavy atom. The van der Waals surface area contributed by atoms with Gasteiger partial charge in [-0.15, -0.1) is 24.0 Å². The van der Waals surface area contributed by atoms with Crippen LogP contribution in [-0.4, -0.2) is 38.1 Å². The van der Waals surface area contributed by atoms with Gasteiger partial charge in [-0.2, -0.15) is 0 Å². The normalized spacial score (nSPS) is 14.8. The van der Waals surface area contributed by atoms with Crippen LogP contribution in [-0.2, 0) is 31.0 Å². The summed E-state index contributed by atoms with van der Waals surface area (Å²) in [4.78, 5) is 6.89. The highest BCUT2D eigenvalue weighted by atomic mass is 127. The maximum Gasteiger partial charge on any atom is 0.191 e. The molecule has 1 aliphatic heterocycles. The molecule has 0 saturated carbocycles. The van der Waals surface area contributed by atoms with Gasteiger partial charge in [0.1, 0.15) is 0 Å². The smallest absolute Gasteiger partial charge is 0.191 e. The molecule has 0 radical (unpaired) electrons. The number of likely N-dealkylation sites (tertiary alicyclic amines) is 1. The molecule has 1 saturated heterocycles. The Labute approximate surface area is 198 Å². The van der Waals surface area contributed by atoms with Gasteiger partial charge < -0.3 is 15.4 Å². The van der Waals surface area contributed by atoms with Crippen LogP contribution in [0, 0.1) is 0 Å². The molecule has 0 aromatic heterocycles. The maximum absolute atomic E-state index is 5.21. The summed E-state index contributed by atoms with van der Waals surface area (Å²) in [6.45, 7) is 5.66. The molecular weight excluding hydrogens is 487 g/mol. The predicted octanol–water partition coefficient (Wildman–Crippen LogP) is 4.30. The van der Waals surface area contributed by atoms with Crippen LogP contribution < -0.4 is 10.6 Å². The second-order valence-corrected chi connectivity index (χ2v) is 7.69. The number of piperidine rings is 1. The van der Waals surface area contributed by atoms with Crippen LogP contribution in [0.1, 0.15) is 41.5 Å². The Bertz CT molecular complexity index is 773. The predicted molar refractivity (Wildman–Crippen MR) is 135 cm³/mol. The molecule has 1 heterocycles. The molecule has 0 aliphatic carbocycles. The summed E-state index contributed by atoms with van der Waals surface area (Å²) in [5.74, 6) is 0.805. The van der Waals surface area contributed by atoms with E-state index in [1.54, 1.807) is 14.2 Å². The highest BCUT2D eigenvalue weighted by Crippen LogP contribution is 2.13. The third kappa shape index (κ3) is 8.24. The number of methoxy groups -OCH3 is 1. The van der Waals surface area contributed by atoms with E-state index in [9.17, 15) is 0 Å². The van der Waals surface area contributed by atoms with Crippen molar-refractivity contribution < 1.29 is 4.74 Å². The van der Waals surface area contributed by atoms with Crippen LogP contribution in [0.5, 0.6) is 0 Å². The minimum Gasteiger partial charge on any atom is -0.380 e. The minimum absolute atomic E-state index is 0. The Morgan fingerprint density at radius 3 is 2.20 bits per heavy atom. The molecule has 6 heteroatoms. The summed E-state index contributed by atoms with van der Waals surface area (Å²) in [5.41, 5.74) is 5.05. The van der Waals surface area contributed by atoms with Crippen LogP contribution in [0.15, 0.2) is 53.5 Å². The van der Waals surface area contributed by atoms with Gasteiger partial charge in [-0.05, 0) is 48.2 Å². The van der Waals surface area contributed by atoms with Gasteiger partial charge in [-0.1, -0.05) is 55.0 Å². The Hall–Kier alpha value is -1.64. The number of nitrogens with one attached hydrogen (secondary N) is 2. The van der Waals surface area contributed by atoms with E-state index in [2.05, 4.69) is 69.1 Å². The topological polar surface area (TPSA) is 48.9 Å². The number of hydrogen-bond donors (Lipinski definition) is 2. The Kier molecular flexibility index (Phi) is 11.2. The molecule has 0 atom stereocenters. The van der Waals surface area contributed by atoms with Gasteiger partial charge >= 0.3 is 0 Å². The first-order valence-electron chi connectivity index (χ1n) is 10.6. The number of benzene rings is 2. The van der Waals surface area contributed by atoms with Crippen molar-refractivity contribution in [1.82, 2.24) is 15.5 Å². The summed E-state index contributed by atoms with van der Waals surface area (Å²) in [7, 11) is 3.52. The fourth-order valence-electron chi connectivity index (χ4n) is 3.73. The van der Waals surface area contributed by atoms with Crippen LogP contribution >= 0.6 is 24.0 Å². The van der Waals surface area contributed by atoms with Crippen molar-refractivity contribution in [3.8, 4) is 0 Å². The van der Waals surface area contributed by atoms with Crippen LogP contribution in [0.3, 0.4) is 0 Å². The second kappa shape index (κ2) is 13.6. The number of aliphatic imine (C=N–C) groups is 1. The van der Waals surface area contributed by atoms with E-state index in [1.165, 1.54) is 54.6 Å². The molecule has 164 valence electrons. The van der Waals surface area contributed by atoms with Crippen LogP contribution in [0.25, 0.3) is 0 Å². The first-order chi connectivity index (χ1) is 14.3. The van der Waals surface area contributed by atoms with E-state index in [-0.39, 0.29) is 24.0 Å². The number of halogens is 1. The van der Waals surface area contributed by atoms with Crippen molar-refractivity contribution in [3.63, 3.8) is 0 Å². The van der Waals surface area contributed by atoms with Crippen molar-refractivity contribution in [2.24, 2.45) is 4.99 Å². The molecule has 5 nitrogen and oxygen atoms in total. The number of hydrogen-bond acceptors (Lipinski definition) is 3. The molecular formula is C24H35IN4O. The SMILES string of the molecule is CN=C(NCc1ccc(CN2CCCCC2)cc1)NCc1cccc(COC)c1.I. The summed E-state index contributed by atoms with van der Waals surface area (Å²) in [6.07, 6.45) is 4.06. The van der Waals surface area contributed by atoms with Crippen LogP contribution in [0.2, 0.25) is 0 Å². The molecule has 0 unspecified atom stereocenters. The lowest BCUT2D eigenvalue weighted by Crippen LogP contribution is -2.36. The van der Waals surface area contributed by atoms with E-state index in [1.807, 2.05) is 0 Å². The molecule has 2 N–H and O–H groups in total. The van der Waals surface area contributed by atoms with Gasteiger partial charge in [-0.25, -0.2) is 0 Å². The van der Waals surface area contributed by atoms with Gasteiger partial charge in [0.15, 0.2) is 5.96 Å². The first-order valence-corrected chi connectivity index (χ1v) is 10.6. The zero-order valence-corrected chi connectivity index (χ0v) is 20.5. The number of rotatable bonds is 8. The van der Waals surface area contributed by atoms with E-state index >= 15 is 0 Å². The van der Waals surface area contributed by atoms with Crippen molar-refractivity contribution in [3.05, 3.63) is 70.8 Å². The van der Waals surface area contributed by atoms with Crippen molar-refractivity contribution >= 4 is 29.9 Å². The van der Waals surface area contributed by atoms with Gasteiger partial charge in [0.2, 0.25) is 0 Å². The van der Waals surface area contributed by atoms with Crippen molar-refractivity contribution in [1.29, 1.82) is 0 Å². The molecule has 2 aromatic carbocycles. The molecule has 3 rings (SSSR count). The lowest BCUT2D eigenvalue weighted by molar-refractivity contribution is 0.185. The lowest BCUT2D eigenvalue weighted by Gasteiger charge is -2.26. The van der Waals surface area contributed by atoms with Crippen molar-refractivity contribution in [2.45, 2.75) is 45.5 Å². The average molecular weight is 522 g/mol. The molecule has 1 fully saturated rings. The standard InChI is InChI=1S/C24H34N4O.HI/c1-25-24(27-17-22-7-6-8-23(15-22)19-29-2)26-16-20-9-11-21(12-10-20)18-28-13-4-3-5-14-28;/h6-12,15H,3-5,13-14,16-19H2,1-2H3,(H2,25,26,27);1H. The molecule has 30 heavy (non-hydrogen) atoms. The summed E-state index contributed by atoms with van der Waals surface area (Å²) in [6, 6.07) is 17.3. The highest BCUT2D eigenvalue weighted by molar-refractivity contribution is 14.0. The van der Waals surface area contributed by atoms with Gasteiger partial charge in [-0.3, -0.25) is 9.89 Å². The quantitative estimate of drug-likeness (QED) is 0.309. The molecule has 0 amide bonds. The molecule has 1 aliphatic rings. The zero-order chi connectivity index (χ0) is 20.3. The molecule has 2 aromatic rings. The number of nitrogens with zero attached hydrogens (tertiary/aromatic N) is 2. The summed E-state index contributed by atoms with van der Waals surface area (Å²) in [5, 5.41) is 6.78. The fraction of sp³-hybridized carbons (Fsp3) is 0.458. The highest BCUT2D eigenvalue weighted by Gasteiger charge is 2.10. The van der Waals surface area contributed by atoms with E-state index in [0.717, 1.165) is 25.6 Å². The monoisotopic (exact) mass is 522 g/mol. The second-order valence-electron chi connectivity index (χ2n) is 7.69. The van der Waals surface area contributed by atoms with Crippen molar-refractivity contribution in [2.75, 3.05) is 27.2 Å². The van der Waals surface area contributed by atoms with Crippen LogP contribution in [0.4, 0.5) is 0 Å². The summed E-state index contributed by atoms with van der Waals surface area (Å²) >= 11 is 0. The number of ether oxygens (including phenoxy) is 1. The minimum atomic E-state index is 0. The zero-order valence-electron chi connectivity index (χ0n) is 18.2. The largest absolute Gasteiger partial charge is 0.380 e. The molecule has 0 spiro atoms. The van der Waals surface area contributed by atoms with Gasteiger partial charge in [0, 0.05) is 33.8 Å². The van der Waals surface area contributed by atoms with E-state index < -0.39 is 0 Å². The fourth-order valence-corrected chi connectivity index (χ4v) is 3.73. The molecule has 0 bridgehead atoms. The van der Waals surface area contributed by atoms with Gasteiger partial charge in [0.25, 0.3) is 0 Å². The lowest BCUT2D eigenvalue weighted by atomic mass is 10.1. The average Bonchev–Trinajstić information content (AvgIpc) is 2.76. The Morgan fingerprint density at radius 2 is 1.53 bits per heavy atom. The third-order valence-electron chi connectivity index (χ3n) is 5.32. The van der Waals surface area contributed by atoms with E-state index in [0.29, 0.717) is 6.61 Å². The summed E-state index contributed by atoms with van der Waals surface area (Å²) < 4.78 is 5.21. The van der Waals surface area contributed by atoms with E-state index in [4.69, 9.17) is 4.74 Å². The maximum atomic E-state index is 5.21.